The molecule has 0 spiro atoms. The van der Waals surface area contributed by atoms with Crippen molar-refractivity contribution in [2.45, 2.75) is 0 Å². The molecule has 5 nitrogen and oxygen atoms in total. The second-order valence-corrected chi connectivity index (χ2v) is 4.37. The molecule has 20 heavy (non-hydrogen) atoms. The molecule has 0 fully saturated rings. The first-order valence-electron chi connectivity index (χ1n) is 6.23. The van der Waals surface area contributed by atoms with Crippen LogP contribution in [0.15, 0.2) is 60.0 Å². The predicted molar refractivity (Wildman–Crippen MR) is 78.3 cm³/mol. The lowest BCUT2D eigenvalue weighted by molar-refractivity contribution is -0.612. The summed E-state index contributed by atoms with van der Waals surface area (Å²) in [5.74, 6) is 6.72. The second-order valence-electron chi connectivity index (χ2n) is 4.37. The molecule has 0 radical (unpaired) electrons. The molecule has 100 valence electrons. The van der Waals surface area contributed by atoms with Gasteiger partial charge in [-0.3, -0.25) is 5.84 Å². The molecule has 3 aromatic rings. The number of ether oxygens (including phenoxy) is 1. The van der Waals surface area contributed by atoms with E-state index in [-0.39, 0.29) is 0 Å². The number of benzene rings is 2. The molecule has 2 aromatic carbocycles. The number of imidazole rings is 1. The summed E-state index contributed by atoms with van der Waals surface area (Å²) in [6.45, 7) is 0. The minimum atomic E-state index is 0.827. The molecule has 0 unspecified atom stereocenters. The number of nitrogens with two attached hydrogens (primary N) is 1. The Balaban J connectivity index is 1.94. The first-order chi connectivity index (χ1) is 9.78. The fraction of sp³-hybridized carbons (Fsp3) is 0.0667. The van der Waals surface area contributed by atoms with E-state index in [4.69, 9.17) is 10.6 Å². The van der Waals surface area contributed by atoms with Gasteiger partial charge < -0.3 is 4.74 Å². The van der Waals surface area contributed by atoms with Crippen LogP contribution in [-0.4, -0.2) is 18.0 Å². The van der Waals surface area contributed by atoms with Crippen LogP contribution in [0.1, 0.15) is 5.56 Å². The Morgan fingerprint density at radius 3 is 2.65 bits per heavy atom. The van der Waals surface area contributed by atoms with Crippen molar-refractivity contribution in [2.24, 2.45) is 5.10 Å². The number of hydrogen-bond acceptors (Lipinski definition) is 3. The van der Waals surface area contributed by atoms with Gasteiger partial charge in [-0.15, -0.1) is 4.68 Å². The summed E-state index contributed by atoms with van der Waals surface area (Å²) in [6, 6.07) is 15.5. The lowest BCUT2D eigenvalue weighted by atomic mass is 10.2. The summed E-state index contributed by atoms with van der Waals surface area (Å²) >= 11 is 0. The Labute approximate surface area is 116 Å². The SMILES string of the molecule is COc1ccc(/C=N/n2c[n+](N)c3ccccc32)cc1. The van der Waals surface area contributed by atoms with Gasteiger partial charge in [-0.05, 0) is 42.0 Å². The van der Waals surface area contributed by atoms with E-state index in [1.807, 2.05) is 48.5 Å². The number of methoxy groups -OCH3 is 1. The van der Waals surface area contributed by atoms with Crippen molar-refractivity contribution in [3.63, 3.8) is 0 Å². The monoisotopic (exact) mass is 267 g/mol. The number of nitrogens with zero attached hydrogens (tertiary/aromatic N) is 3. The Bertz CT molecular complexity index is 759. The van der Waals surface area contributed by atoms with E-state index >= 15 is 0 Å². The van der Waals surface area contributed by atoms with Gasteiger partial charge >= 0.3 is 0 Å². The van der Waals surface area contributed by atoms with Gasteiger partial charge in [0.15, 0.2) is 0 Å². The van der Waals surface area contributed by atoms with Crippen LogP contribution in [0.5, 0.6) is 5.75 Å². The van der Waals surface area contributed by atoms with Crippen LogP contribution in [0.4, 0.5) is 0 Å². The van der Waals surface area contributed by atoms with Crippen LogP contribution in [0.2, 0.25) is 0 Å². The van der Waals surface area contributed by atoms with E-state index in [0.29, 0.717) is 0 Å². The summed E-state index contributed by atoms with van der Waals surface area (Å²) in [7, 11) is 1.65. The summed E-state index contributed by atoms with van der Waals surface area (Å²) < 4.78 is 8.43. The quantitative estimate of drug-likeness (QED) is 0.444. The van der Waals surface area contributed by atoms with Crippen molar-refractivity contribution >= 4 is 17.2 Å². The van der Waals surface area contributed by atoms with Gasteiger partial charge in [-0.1, -0.05) is 21.9 Å². The first kappa shape index (κ1) is 12.2. The number of hydrogen-bond donors (Lipinski definition) is 1. The zero-order valence-electron chi connectivity index (χ0n) is 11.1. The highest BCUT2D eigenvalue weighted by Crippen LogP contribution is 2.11. The normalized spacial score (nSPS) is 11.2. The molecule has 0 aliphatic rings. The molecule has 0 saturated heterocycles. The van der Waals surface area contributed by atoms with Crippen LogP contribution in [0, 0.1) is 0 Å². The third kappa shape index (κ3) is 2.21. The highest BCUT2D eigenvalue weighted by Gasteiger charge is 2.11. The molecule has 0 atom stereocenters. The average molecular weight is 267 g/mol. The first-order valence-corrected chi connectivity index (χ1v) is 6.23. The van der Waals surface area contributed by atoms with Gasteiger partial charge in [0.05, 0.1) is 13.3 Å². The topological polar surface area (TPSA) is 56.4 Å². The van der Waals surface area contributed by atoms with E-state index in [1.165, 1.54) is 0 Å². The number of aromatic nitrogens is 2. The van der Waals surface area contributed by atoms with E-state index < -0.39 is 0 Å². The van der Waals surface area contributed by atoms with Crippen molar-refractivity contribution in [2.75, 3.05) is 13.0 Å². The number of rotatable bonds is 3. The number of nitrogen functional groups attached to an aromatic ring is 1. The molecule has 0 bridgehead atoms. The zero-order chi connectivity index (χ0) is 13.9. The molecule has 1 aromatic heterocycles. The minimum Gasteiger partial charge on any atom is -0.497 e. The molecule has 3 rings (SSSR count). The third-order valence-electron chi connectivity index (χ3n) is 3.09. The van der Waals surface area contributed by atoms with Crippen LogP contribution in [-0.2, 0) is 0 Å². The largest absolute Gasteiger partial charge is 0.497 e. The van der Waals surface area contributed by atoms with Gasteiger partial charge in [0, 0.05) is 0 Å². The maximum atomic E-state index is 5.89. The fourth-order valence-electron chi connectivity index (χ4n) is 2.03. The standard InChI is InChI=1S/C15H15N4O/c1-20-13-8-6-12(7-9-13)10-17-19-11-18(16)14-4-2-3-5-15(14)19/h2-11H,16H2,1H3/q+1/b17-10+. The van der Waals surface area contributed by atoms with Gasteiger partial charge in [0.1, 0.15) is 5.75 Å². The van der Waals surface area contributed by atoms with Crippen LogP contribution in [0.3, 0.4) is 0 Å². The maximum Gasteiger partial charge on any atom is 0.293 e. The molecular formula is C15H15N4O+. The van der Waals surface area contributed by atoms with Crippen molar-refractivity contribution in [1.82, 2.24) is 4.68 Å². The molecule has 5 heteroatoms. The van der Waals surface area contributed by atoms with Gasteiger partial charge in [-0.25, -0.2) is 0 Å². The highest BCUT2D eigenvalue weighted by molar-refractivity contribution is 5.80. The zero-order valence-corrected chi connectivity index (χ0v) is 11.1. The van der Waals surface area contributed by atoms with Gasteiger partial charge in [0.2, 0.25) is 11.0 Å². The number of para-hydroxylation sites is 2. The fourth-order valence-corrected chi connectivity index (χ4v) is 2.03. The van der Waals surface area contributed by atoms with Crippen molar-refractivity contribution < 1.29 is 9.41 Å². The number of fused-ring (bicyclic) bond motifs is 1. The molecule has 2 N–H and O–H groups in total. The van der Waals surface area contributed by atoms with Crippen molar-refractivity contribution in [3.05, 3.63) is 60.4 Å². The van der Waals surface area contributed by atoms with Gasteiger partial charge in [0.25, 0.3) is 6.33 Å². The van der Waals surface area contributed by atoms with Crippen molar-refractivity contribution in [3.8, 4) is 5.75 Å². The molecule has 1 heterocycles. The molecule has 0 aliphatic heterocycles. The average Bonchev–Trinajstić information content (AvgIpc) is 2.83. The molecular weight excluding hydrogens is 252 g/mol. The van der Waals surface area contributed by atoms with E-state index in [9.17, 15) is 0 Å². The Hall–Kier alpha value is -2.82. The minimum absolute atomic E-state index is 0.827. The van der Waals surface area contributed by atoms with E-state index in [2.05, 4.69) is 5.10 Å². The van der Waals surface area contributed by atoms with Crippen LogP contribution in [0.25, 0.3) is 11.0 Å². The Morgan fingerprint density at radius 1 is 1.15 bits per heavy atom. The lowest BCUT2D eigenvalue weighted by Crippen LogP contribution is -2.42. The summed E-state index contributed by atoms with van der Waals surface area (Å²) in [5, 5.41) is 4.43. The smallest absolute Gasteiger partial charge is 0.293 e. The lowest BCUT2D eigenvalue weighted by Gasteiger charge is -1.97. The summed E-state index contributed by atoms with van der Waals surface area (Å²) in [4.78, 5) is 0. The predicted octanol–water partition coefficient (Wildman–Crippen LogP) is 1.53. The Morgan fingerprint density at radius 2 is 1.90 bits per heavy atom. The summed E-state index contributed by atoms with van der Waals surface area (Å²) in [6.07, 6.45) is 3.52. The third-order valence-corrected chi connectivity index (χ3v) is 3.09. The Kier molecular flexibility index (Phi) is 3.09. The van der Waals surface area contributed by atoms with Gasteiger partial charge in [-0.2, -0.15) is 0 Å². The van der Waals surface area contributed by atoms with E-state index in [1.54, 1.807) is 29.0 Å². The molecule has 0 amide bonds. The molecule has 0 saturated carbocycles. The van der Waals surface area contributed by atoms with Crippen molar-refractivity contribution in [1.29, 1.82) is 0 Å². The maximum absolute atomic E-state index is 5.89. The second kappa shape index (κ2) is 5.05. The molecule has 0 aliphatic carbocycles. The van der Waals surface area contributed by atoms with Crippen LogP contribution >= 0.6 is 0 Å². The van der Waals surface area contributed by atoms with Crippen LogP contribution < -0.4 is 15.3 Å². The summed E-state index contributed by atoms with van der Waals surface area (Å²) in [5.41, 5.74) is 2.88. The van der Waals surface area contributed by atoms with E-state index in [0.717, 1.165) is 22.3 Å². The highest BCUT2D eigenvalue weighted by atomic mass is 16.5.